The second kappa shape index (κ2) is 4.80. The average Bonchev–Trinajstić information content (AvgIpc) is 3.04. The predicted molar refractivity (Wildman–Crippen MR) is 61.1 cm³/mol. The molecule has 2 rings (SSSR count). The quantitative estimate of drug-likeness (QED) is 0.850. The number of rotatable bonds is 4. The number of carbonyl (C=O) groups is 1. The molecule has 0 aromatic heterocycles. The summed E-state index contributed by atoms with van der Waals surface area (Å²) in [4.78, 5) is 11.4. The van der Waals surface area contributed by atoms with E-state index < -0.39 is 5.82 Å². The van der Waals surface area contributed by atoms with E-state index in [0.29, 0.717) is 11.7 Å². The van der Waals surface area contributed by atoms with Gasteiger partial charge in [0, 0.05) is 11.7 Å². The number of nitrogens with one attached hydrogen (secondary N) is 2. The Morgan fingerprint density at radius 2 is 2.25 bits per heavy atom. The maximum atomic E-state index is 13.1. The fraction of sp³-hybridized carbons (Fsp3) is 0.364. The molecule has 3 nitrogen and oxygen atoms in total. The lowest BCUT2D eigenvalue weighted by Crippen LogP contribution is -2.29. The predicted octanol–water partition coefficient (Wildman–Crippen LogP) is 2.17. The van der Waals surface area contributed by atoms with E-state index in [9.17, 15) is 9.18 Å². The van der Waals surface area contributed by atoms with Crippen molar-refractivity contribution in [3.8, 4) is 0 Å². The summed E-state index contributed by atoms with van der Waals surface area (Å²) in [6, 6.07) is 4.67. The maximum Gasteiger partial charge on any atom is 0.238 e. The van der Waals surface area contributed by atoms with E-state index in [4.69, 9.17) is 11.6 Å². The lowest BCUT2D eigenvalue weighted by molar-refractivity contribution is -0.115. The molecule has 1 aliphatic carbocycles. The summed E-state index contributed by atoms with van der Waals surface area (Å²) < 4.78 is 13.1. The van der Waals surface area contributed by atoms with Crippen molar-refractivity contribution in [2.24, 2.45) is 0 Å². The molecule has 0 unspecified atom stereocenters. The Morgan fingerprint density at radius 3 is 2.88 bits per heavy atom. The number of hydrogen-bond donors (Lipinski definition) is 2. The Hall–Kier alpha value is -1.13. The highest BCUT2D eigenvalue weighted by molar-refractivity contribution is 6.30. The van der Waals surface area contributed by atoms with Gasteiger partial charge in [0.2, 0.25) is 5.91 Å². The van der Waals surface area contributed by atoms with Gasteiger partial charge in [-0.3, -0.25) is 4.79 Å². The molecule has 1 aromatic carbocycles. The van der Waals surface area contributed by atoms with Crippen molar-refractivity contribution >= 4 is 23.2 Å². The Kier molecular flexibility index (Phi) is 3.41. The molecular formula is C11H12ClFN2O. The van der Waals surface area contributed by atoms with Crippen LogP contribution in [-0.4, -0.2) is 18.5 Å². The number of amides is 1. The summed E-state index contributed by atoms with van der Waals surface area (Å²) in [5.74, 6) is -0.705. The van der Waals surface area contributed by atoms with Crippen LogP contribution in [0.3, 0.4) is 0 Å². The van der Waals surface area contributed by atoms with Crippen molar-refractivity contribution in [3.05, 3.63) is 29.0 Å². The van der Waals surface area contributed by atoms with Crippen LogP contribution in [-0.2, 0) is 4.79 Å². The molecule has 5 heteroatoms. The molecule has 86 valence electrons. The highest BCUT2D eigenvalue weighted by Crippen LogP contribution is 2.19. The van der Waals surface area contributed by atoms with Crippen LogP contribution in [0.4, 0.5) is 10.1 Å². The van der Waals surface area contributed by atoms with Crippen LogP contribution in [0.25, 0.3) is 0 Å². The average molecular weight is 243 g/mol. The summed E-state index contributed by atoms with van der Waals surface area (Å²) in [5.41, 5.74) is 0.421. The van der Waals surface area contributed by atoms with Gasteiger partial charge in [-0.15, -0.1) is 0 Å². The Labute approximate surface area is 98.0 Å². The lowest BCUT2D eigenvalue weighted by atomic mass is 10.3. The molecule has 0 radical (unpaired) electrons. The van der Waals surface area contributed by atoms with Crippen LogP contribution in [0.1, 0.15) is 12.8 Å². The van der Waals surface area contributed by atoms with Crippen molar-refractivity contribution in [3.63, 3.8) is 0 Å². The minimum Gasteiger partial charge on any atom is -0.325 e. The van der Waals surface area contributed by atoms with Crippen molar-refractivity contribution in [1.29, 1.82) is 0 Å². The van der Waals surface area contributed by atoms with Gasteiger partial charge in [0.15, 0.2) is 0 Å². The van der Waals surface area contributed by atoms with E-state index in [1.807, 2.05) is 0 Å². The molecule has 0 saturated heterocycles. The Balaban J connectivity index is 1.86. The standard InChI is InChI=1S/C11H12ClFN2O/c12-9-4-3-8(5-10(9)13)15-11(16)6-14-7-1-2-7/h3-5,7,14H,1-2,6H2,(H,15,16). The zero-order valence-electron chi connectivity index (χ0n) is 8.59. The van der Waals surface area contributed by atoms with Crippen LogP contribution < -0.4 is 10.6 Å². The zero-order valence-corrected chi connectivity index (χ0v) is 9.35. The van der Waals surface area contributed by atoms with Crippen molar-refractivity contribution in [2.45, 2.75) is 18.9 Å². The number of anilines is 1. The van der Waals surface area contributed by atoms with Crippen LogP contribution in [0.15, 0.2) is 18.2 Å². The SMILES string of the molecule is O=C(CNC1CC1)Nc1ccc(Cl)c(F)c1. The topological polar surface area (TPSA) is 41.1 Å². The number of benzene rings is 1. The van der Waals surface area contributed by atoms with E-state index >= 15 is 0 Å². The molecule has 1 amide bonds. The lowest BCUT2D eigenvalue weighted by Gasteiger charge is -2.06. The molecule has 1 saturated carbocycles. The summed E-state index contributed by atoms with van der Waals surface area (Å²) in [6.45, 7) is 0.259. The largest absolute Gasteiger partial charge is 0.325 e. The second-order valence-electron chi connectivity index (χ2n) is 3.83. The minimum atomic E-state index is -0.533. The third-order valence-electron chi connectivity index (χ3n) is 2.33. The minimum absolute atomic E-state index is 0.0501. The van der Waals surface area contributed by atoms with Crippen LogP contribution in [0, 0.1) is 5.82 Å². The first-order valence-electron chi connectivity index (χ1n) is 5.13. The molecule has 1 aromatic rings. The summed E-state index contributed by atoms with van der Waals surface area (Å²) >= 11 is 5.53. The number of carbonyl (C=O) groups excluding carboxylic acids is 1. The monoisotopic (exact) mass is 242 g/mol. The van der Waals surface area contributed by atoms with Gasteiger partial charge in [-0.25, -0.2) is 4.39 Å². The van der Waals surface area contributed by atoms with Gasteiger partial charge < -0.3 is 10.6 Å². The molecule has 0 atom stereocenters. The van der Waals surface area contributed by atoms with E-state index in [0.717, 1.165) is 12.8 Å². The van der Waals surface area contributed by atoms with E-state index in [1.165, 1.54) is 12.1 Å². The first-order chi connectivity index (χ1) is 7.65. The zero-order chi connectivity index (χ0) is 11.5. The first-order valence-corrected chi connectivity index (χ1v) is 5.51. The molecule has 2 N–H and O–H groups in total. The van der Waals surface area contributed by atoms with Gasteiger partial charge >= 0.3 is 0 Å². The fourth-order valence-corrected chi connectivity index (χ4v) is 1.42. The molecule has 0 heterocycles. The van der Waals surface area contributed by atoms with Crippen LogP contribution >= 0.6 is 11.6 Å². The van der Waals surface area contributed by atoms with Gasteiger partial charge in [0.25, 0.3) is 0 Å². The fourth-order valence-electron chi connectivity index (χ4n) is 1.30. The first kappa shape index (κ1) is 11.4. The van der Waals surface area contributed by atoms with Crippen molar-refractivity contribution < 1.29 is 9.18 Å². The molecule has 1 fully saturated rings. The van der Waals surface area contributed by atoms with Gasteiger partial charge in [-0.2, -0.15) is 0 Å². The van der Waals surface area contributed by atoms with Gasteiger partial charge in [-0.05, 0) is 31.0 Å². The van der Waals surface area contributed by atoms with Gasteiger partial charge in [0.05, 0.1) is 11.6 Å². The molecular weight excluding hydrogens is 231 g/mol. The Morgan fingerprint density at radius 1 is 1.50 bits per heavy atom. The second-order valence-corrected chi connectivity index (χ2v) is 4.24. The molecule has 16 heavy (non-hydrogen) atoms. The van der Waals surface area contributed by atoms with E-state index in [1.54, 1.807) is 6.07 Å². The normalized spacial score (nSPS) is 14.9. The Bertz CT molecular complexity index is 407. The van der Waals surface area contributed by atoms with E-state index in [2.05, 4.69) is 10.6 Å². The molecule has 0 bridgehead atoms. The number of halogens is 2. The summed E-state index contributed by atoms with van der Waals surface area (Å²) in [6.07, 6.45) is 2.26. The van der Waals surface area contributed by atoms with Crippen molar-refractivity contribution in [2.75, 3.05) is 11.9 Å². The molecule has 0 aliphatic heterocycles. The van der Waals surface area contributed by atoms with Crippen LogP contribution in [0.5, 0.6) is 0 Å². The summed E-state index contributed by atoms with van der Waals surface area (Å²) in [7, 11) is 0. The maximum absolute atomic E-state index is 13.1. The number of hydrogen-bond acceptors (Lipinski definition) is 2. The van der Waals surface area contributed by atoms with Gasteiger partial charge in [0.1, 0.15) is 5.82 Å². The smallest absolute Gasteiger partial charge is 0.238 e. The van der Waals surface area contributed by atoms with Gasteiger partial charge in [-0.1, -0.05) is 11.6 Å². The molecule has 0 spiro atoms. The van der Waals surface area contributed by atoms with Crippen molar-refractivity contribution in [1.82, 2.24) is 5.32 Å². The highest BCUT2D eigenvalue weighted by Gasteiger charge is 2.21. The summed E-state index contributed by atoms with van der Waals surface area (Å²) in [5, 5.41) is 5.71. The highest BCUT2D eigenvalue weighted by atomic mass is 35.5. The van der Waals surface area contributed by atoms with Crippen LogP contribution in [0.2, 0.25) is 5.02 Å². The molecule has 1 aliphatic rings. The third-order valence-corrected chi connectivity index (χ3v) is 2.64. The third kappa shape index (κ3) is 3.18. The van der Waals surface area contributed by atoms with E-state index in [-0.39, 0.29) is 17.5 Å².